The number of hydrogen-bond acceptors (Lipinski definition) is 4. The number of nitrogens with zero attached hydrogens (tertiary/aromatic N) is 2. The maximum absolute atomic E-state index is 5.87. The van der Waals surface area contributed by atoms with Crippen molar-refractivity contribution in [3.05, 3.63) is 58.0 Å². The normalized spacial score (nSPS) is 11.2. The van der Waals surface area contributed by atoms with Crippen LogP contribution < -0.4 is 15.4 Å². The highest BCUT2D eigenvalue weighted by atomic mass is 127. The predicted molar refractivity (Wildman–Crippen MR) is 129 cm³/mol. The van der Waals surface area contributed by atoms with E-state index in [1.807, 2.05) is 25.1 Å². The maximum atomic E-state index is 5.87. The Morgan fingerprint density at radius 2 is 1.89 bits per heavy atom. The smallest absolute Gasteiger partial charge is 0.191 e. The van der Waals surface area contributed by atoms with Crippen molar-refractivity contribution in [3.8, 4) is 5.75 Å². The van der Waals surface area contributed by atoms with Crippen LogP contribution in [0.15, 0.2) is 47.5 Å². The average molecular weight is 510 g/mol. The molecule has 0 aliphatic carbocycles. The topological polar surface area (TPSA) is 58.5 Å². The number of aliphatic imine (C=N–C) groups is 1. The number of benzene rings is 2. The summed E-state index contributed by atoms with van der Waals surface area (Å²) in [7, 11) is 1.78. The molecule has 2 N–H and O–H groups in total. The molecule has 0 atom stereocenters. The first-order valence-electron chi connectivity index (χ1n) is 9.15. The van der Waals surface area contributed by atoms with Crippen LogP contribution in [0, 0.1) is 13.8 Å². The number of aryl methyl sites for hydroxylation is 2. The molecule has 0 bridgehead atoms. The Morgan fingerprint density at radius 1 is 1.11 bits per heavy atom. The highest BCUT2D eigenvalue weighted by molar-refractivity contribution is 14.0. The Morgan fingerprint density at radius 3 is 2.61 bits per heavy atom. The molecule has 28 heavy (non-hydrogen) atoms. The Kier molecular flexibility index (Phi) is 8.98. The van der Waals surface area contributed by atoms with Crippen LogP contribution in [-0.2, 0) is 6.54 Å². The Hall–Kier alpha value is -1.87. The zero-order valence-corrected chi connectivity index (χ0v) is 19.6. The SMILES string of the molecule is CN=C(NCCCOc1ccc2ccccc2c1)NCc1nc(C)c(C)s1.I. The lowest BCUT2D eigenvalue weighted by atomic mass is 10.1. The van der Waals surface area contributed by atoms with Gasteiger partial charge in [-0.1, -0.05) is 30.3 Å². The maximum Gasteiger partial charge on any atom is 0.191 e. The number of guanidine groups is 1. The third kappa shape index (κ3) is 6.34. The van der Waals surface area contributed by atoms with E-state index in [-0.39, 0.29) is 24.0 Å². The van der Waals surface area contributed by atoms with Gasteiger partial charge in [-0.05, 0) is 43.2 Å². The molecule has 5 nitrogen and oxygen atoms in total. The molecule has 3 aromatic rings. The molecule has 3 rings (SSSR count). The van der Waals surface area contributed by atoms with Crippen molar-refractivity contribution in [2.45, 2.75) is 26.8 Å². The van der Waals surface area contributed by atoms with Crippen molar-refractivity contribution >= 4 is 52.0 Å². The van der Waals surface area contributed by atoms with Gasteiger partial charge < -0.3 is 15.4 Å². The standard InChI is InChI=1S/C21H26N4OS.HI/c1-15-16(2)27-20(25-15)14-24-21(22-3)23-11-6-12-26-19-10-9-17-7-4-5-8-18(17)13-19;/h4-5,7-10,13H,6,11-12,14H2,1-3H3,(H2,22,23,24);1H. The van der Waals surface area contributed by atoms with Gasteiger partial charge in [-0.3, -0.25) is 4.99 Å². The number of aromatic nitrogens is 1. The number of fused-ring (bicyclic) bond motifs is 1. The van der Waals surface area contributed by atoms with Gasteiger partial charge in [-0.15, -0.1) is 35.3 Å². The molecular formula is C21H27IN4OS. The summed E-state index contributed by atoms with van der Waals surface area (Å²) in [5, 5.41) is 10.1. The van der Waals surface area contributed by atoms with Crippen LogP contribution in [0.2, 0.25) is 0 Å². The van der Waals surface area contributed by atoms with Crippen molar-refractivity contribution in [2.24, 2.45) is 4.99 Å². The largest absolute Gasteiger partial charge is 0.494 e. The fourth-order valence-electron chi connectivity index (χ4n) is 2.72. The Bertz CT molecular complexity index is 906. The van der Waals surface area contributed by atoms with Gasteiger partial charge in [-0.25, -0.2) is 4.98 Å². The molecule has 0 aliphatic rings. The van der Waals surface area contributed by atoms with Gasteiger partial charge in [0.05, 0.1) is 18.8 Å². The lowest BCUT2D eigenvalue weighted by Crippen LogP contribution is -2.37. The lowest BCUT2D eigenvalue weighted by Gasteiger charge is -2.11. The first-order chi connectivity index (χ1) is 13.2. The Balaban J connectivity index is 0.00000280. The molecule has 1 aromatic heterocycles. The van der Waals surface area contributed by atoms with Gasteiger partial charge in [0.15, 0.2) is 5.96 Å². The van der Waals surface area contributed by atoms with Crippen LogP contribution in [0.25, 0.3) is 10.8 Å². The summed E-state index contributed by atoms with van der Waals surface area (Å²) in [5.41, 5.74) is 1.10. The zero-order valence-electron chi connectivity index (χ0n) is 16.5. The summed E-state index contributed by atoms with van der Waals surface area (Å²) in [4.78, 5) is 10.1. The summed E-state index contributed by atoms with van der Waals surface area (Å²) < 4.78 is 5.87. The van der Waals surface area contributed by atoms with Gasteiger partial charge in [0.25, 0.3) is 0 Å². The monoisotopic (exact) mass is 510 g/mol. The second-order valence-electron chi connectivity index (χ2n) is 6.31. The molecule has 7 heteroatoms. The molecule has 1 heterocycles. The molecule has 0 radical (unpaired) electrons. The van der Waals surface area contributed by atoms with Crippen molar-refractivity contribution in [2.75, 3.05) is 20.2 Å². The van der Waals surface area contributed by atoms with Crippen LogP contribution in [0.1, 0.15) is 22.0 Å². The van der Waals surface area contributed by atoms with Crippen molar-refractivity contribution < 1.29 is 4.74 Å². The molecule has 0 saturated carbocycles. The highest BCUT2D eigenvalue weighted by Gasteiger charge is 2.04. The van der Waals surface area contributed by atoms with Crippen molar-refractivity contribution in [3.63, 3.8) is 0 Å². The third-order valence-corrected chi connectivity index (χ3v) is 5.38. The minimum Gasteiger partial charge on any atom is -0.494 e. The number of halogens is 1. The van der Waals surface area contributed by atoms with Crippen LogP contribution in [0.3, 0.4) is 0 Å². The van der Waals surface area contributed by atoms with E-state index in [9.17, 15) is 0 Å². The van der Waals surface area contributed by atoms with E-state index in [1.165, 1.54) is 15.6 Å². The van der Waals surface area contributed by atoms with Gasteiger partial charge in [0, 0.05) is 18.5 Å². The van der Waals surface area contributed by atoms with Crippen LogP contribution in [0.4, 0.5) is 0 Å². The minimum atomic E-state index is 0. The van der Waals surface area contributed by atoms with Crippen LogP contribution in [0.5, 0.6) is 5.75 Å². The number of rotatable bonds is 7. The van der Waals surface area contributed by atoms with E-state index in [2.05, 4.69) is 51.8 Å². The molecule has 0 saturated heterocycles. The summed E-state index contributed by atoms with van der Waals surface area (Å²) in [6.07, 6.45) is 0.892. The van der Waals surface area contributed by atoms with Gasteiger partial charge in [-0.2, -0.15) is 0 Å². The van der Waals surface area contributed by atoms with E-state index in [0.29, 0.717) is 13.2 Å². The summed E-state index contributed by atoms with van der Waals surface area (Å²) in [6.45, 7) is 6.28. The van der Waals surface area contributed by atoms with E-state index in [4.69, 9.17) is 4.74 Å². The fourth-order valence-corrected chi connectivity index (χ4v) is 3.59. The molecule has 0 spiro atoms. The van der Waals surface area contributed by atoms with E-state index in [1.54, 1.807) is 18.4 Å². The molecule has 2 aromatic carbocycles. The van der Waals surface area contributed by atoms with Crippen LogP contribution in [-0.4, -0.2) is 31.1 Å². The second kappa shape index (κ2) is 11.2. The molecule has 0 unspecified atom stereocenters. The summed E-state index contributed by atoms with van der Waals surface area (Å²) >= 11 is 1.72. The number of thiazole rings is 1. The molecule has 0 aliphatic heterocycles. The number of hydrogen-bond donors (Lipinski definition) is 2. The highest BCUT2D eigenvalue weighted by Crippen LogP contribution is 2.20. The summed E-state index contributed by atoms with van der Waals surface area (Å²) in [5.74, 6) is 1.69. The molecule has 0 fully saturated rings. The lowest BCUT2D eigenvalue weighted by molar-refractivity contribution is 0.311. The predicted octanol–water partition coefficient (Wildman–Crippen LogP) is 4.67. The van der Waals surface area contributed by atoms with E-state index < -0.39 is 0 Å². The first-order valence-corrected chi connectivity index (χ1v) is 9.96. The summed E-state index contributed by atoms with van der Waals surface area (Å²) in [6, 6.07) is 14.5. The third-order valence-electron chi connectivity index (χ3n) is 4.31. The molecular weight excluding hydrogens is 483 g/mol. The van der Waals surface area contributed by atoms with Crippen molar-refractivity contribution in [1.82, 2.24) is 15.6 Å². The molecule has 150 valence electrons. The van der Waals surface area contributed by atoms with Crippen LogP contribution >= 0.6 is 35.3 Å². The minimum absolute atomic E-state index is 0. The second-order valence-corrected chi connectivity index (χ2v) is 7.60. The Labute approximate surface area is 187 Å². The number of nitrogens with one attached hydrogen (secondary N) is 2. The number of ether oxygens (including phenoxy) is 1. The average Bonchev–Trinajstić information content (AvgIpc) is 3.01. The van der Waals surface area contributed by atoms with Gasteiger partial charge >= 0.3 is 0 Å². The van der Waals surface area contributed by atoms with Gasteiger partial charge in [0.1, 0.15) is 10.8 Å². The van der Waals surface area contributed by atoms with E-state index >= 15 is 0 Å². The quantitative estimate of drug-likeness (QED) is 0.210. The fraction of sp³-hybridized carbons (Fsp3) is 0.333. The molecule has 0 amide bonds. The zero-order chi connectivity index (χ0) is 19.1. The van der Waals surface area contributed by atoms with E-state index in [0.717, 1.165) is 35.4 Å². The van der Waals surface area contributed by atoms with Crippen molar-refractivity contribution in [1.29, 1.82) is 0 Å². The van der Waals surface area contributed by atoms with Gasteiger partial charge in [0.2, 0.25) is 0 Å². The first kappa shape index (κ1) is 22.4.